The number of rotatable bonds is 9. The van der Waals surface area contributed by atoms with Gasteiger partial charge < -0.3 is 19.8 Å². The molecule has 5 heterocycles. The van der Waals surface area contributed by atoms with Gasteiger partial charge in [0.25, 0.3) is 0 Å². The van der Waals surface area contributed by atoms with E-state index in [0.717, 1.165) is 73.8 Å². The number of hydrogen-bond donors (Lipinski definition) is 2. The van der Waals surface area contributed by atoms with E-state index in [1.165, 1.54) is 32.5 Å². The minimum Gasteiger partial charge on any atom is -0.343 e. The highest BCUT2D eigenvalue weighted by Crippen LogP contribution is 2.52. The van der Waals surface area contributed by atoms with Crippen LogP contribution in [0.3, 0.4) is 0 Å². The molecule has 50 heavy (non-hydrogen) atoms. The zero-order valence-corrected chi connectivity index (χ0v) is 30.9. The van der Waals surface area contributed by atoms with Gasteiger partial charge in [-0.05, 0) is 80.4 Å². The average Bonchev–Trinajstić information content (AvgIpc) is 3.93. The van der Waals surface area contributed by atoms with Crippen LogP contribution in [0, 0.1) is 24.7 Å². The lowest BCUT2D eigenvalue weighted by molar-refractivity contribution is -0.138. The summed E-state index contributed by atoms with van der Waals surface area (Å²) in [7, 11) is 0. The summed E-state index contributed by atoms with van der Waals surface area (Å²) >= 11 is 1.82. The fraction of sp³-hybridized carbons (Fsp3) is 0.512. The molecule has 2 amide bonds. The second kappa shape index (κ2) is 13.0. The fourth-order valence-corrected chi connectivity index (χ4v) is 10.1. The van der Waals surface area contributed by atoms with Crippen LogP contribution in [0.5, 0.6) is 0 Å². The summed E-state index contributed by atoms with van der Waals surface area (Å²) in [6, 6.07) is 6.81. The molecule has 0 radical (unpaired) electrons. The standard InChI is InChI=1S/C41H50N6O2S/c1-24(2)17-36(48)46-16-6-7-35(46)39-42-22-34(44-39)31-13-12-30(32-19-26(5)50-38(31)32)28-8-10-29(11-9-28)33-21-43-40(45-33)41-15-14-27(20-41)23-47(41)37(49)18-25(3)4/h8-10,12-13,19,21-22,24-25,27,29,35H,6-7,11,14-18,20,23H2,1-5H3,(H,42,44)(H,43,45)/t27?,29?,35-,41?/m0/s1. The smallest absolute Gasteiger partial charge is 0.223 e. The second-order valence-electron chi connectivity index (χ2n) is 16.1. The Hall–Kier alpha value is -3.98. The fourth-order valence-electron chi connectivity index (χ4n) is 9.08. The van der Waals surface area contributed by atoms with E-state index in [4.69, 9.17) is 9.97 Å². The number of aryl methyl sites for hydroxylation is 1. The molecule has 2 aliphatic heterocycles. The number of allylic oxidation sites excluding steroid dienone is 4. The Morgan fingerprint density at radius 3 is 2.58 bits per heavy atom. The molecular weight excluding hydrogens is 641 g/mol. The van der Waals surface area contributed by atoms with Gasteiger partial charge in [0.05, 0.1) is 17.9 Å². The number of aromatic amines is 2. The van der Waals surface area contributed by atoms with Crippen molar-refractivity contribution in [3.05, 3.63) is 76.6 Å². The van der Waals surface area contributed by atoms with E-state index in [0.29, 0.717) is 30.6 Å². The lowest BCUT2D eigenvalue weighted by Gasteiger charge is -2.38. The molecule has 8 nitrogen and oxygen atoms in total. The van der Waals surface area contributed by atoms with Crippen LogP contribution in [0.25, 0.3) is 26.9 Å². The molecule has 2 saturated heterocycles. The van der Waals surface area contributed by atoms with Gasteiger partial charge in [-0.25, -0.2) is 9.97 Å². The second-order valence-corrected chi connectivity index (χ2v) is 17.3. The highest BCUT2D eigenvalue weighted by Gasteiger charge is 2.55. The van der Waals surface area contributed by atoms with Crippen molar-refractivity contribution < 1.29 is 9.59 Å². The lowest BCUT2D eigenvalue weighted by Crippen LogP contribution is -2.47. The van der Waals surface area contributed by atoms with Gasteiger partial charge >= 0.3 is 0 Å². The molecule has 2 bridgehead atoms. The highest BCUT2D eigenvalue weighted by atomic mass is 32.1. The number of amides is 2. The molecule has 0 spiro atoms. The third-order valence-electron chi connectivity index (χ3n) is 11.4. The minimum atomic E-state index is -0.268. The van der Waals surface area contributed by atoms with Crippen LogP contribution in [0.15, 0.2) is 48.8 Å². The molecule has 4 atom stereocenters. The highest BCUT2D eigenvalue weighted by molar-refractivity contribution is 7.19. The van der Waals surface area contributed by atoms with Crippen LogP contribution >= 0.6 is 11.3 Å². The van der Waals surface area contributed by atoms with E-state index in [1.54, 1.807) is 0 Å². The number of H-pyrrole nitrogens is 2. The number of thiophene rings is 1. The van der Waals surface area contributed by atoms with E-state index < -0.39 is 0 Å². The topological polar surface area (TPSA) is 98.0 Å². The molecule has 3 aromatic heterocycles. The van der Waals surface area contributed by atoms with E-state index >= 15 is 0 Å². The molecule has 8 rings (SSSR count). The molecule has 2 N–H and O–H groups in total. The van der Waals surface area contributed by atoms with Crippen molar-refractivity contribution in [3.63, 3.8) is 0 Å². The van der Waals surface area contributed by atoms with Crippen molar-refractivity contribution in [2.75, 3.05) is 13.1 Å². The van der Waals surface area contributed by atoms with Gasteiger partial charge in [0.1, 0.15) is 17.2 Å². The molecule has 4 aliphatic rings. The molecule has 3 unspecified atom stereocenters. The zero-order valence-electron chi connectivity index (χ0n) is 30.1. The number of carbonyl (C=O) groups is 2. The maximum absolute atomic E-state index is 13.3. The quantitative estimate of drug-likeness (QED) is 0.183. The Labute approximate surface area is 299 Å². The number of piperidine rings is 1. The van der Waals surface area contributed by atoms with Gasteiger partial charge in [-0.15, -0.1) is 11.3 Å². The van der Waals surface area contributed by atoms with Gasteiger partial charge in [0, 0.05) is 64.3 Å². The average molecular weight is 691 g/mol. The normalized spacial score (nSPS) is 24.8. The molecule has 3 fully saturated rings. The van der Waals surface area contributed by atoms with E-state index in [2.05, 4.69) is 85.9 Å². The summed E-state index contributed by atoms with van der Waals surface area (Å²) in [5.41, 5.74) is 5.50. The number of imidazole rings is 2. The Bertz CT molecular complexity index is 2000. The largest absolute Gasteiger partial charge is 0.343 e. The third kappa shape index (κ3) is 5.85. The molecule has 1 saturated carbocycles. The first-order valence-corrected chi connectivity index (χ1v) is 19.5. The predicted octanol–water partition coefficient (Wildman–Crippen LogP) is 9.04. The minimum absolute atomic E-state index is 0.0189. The van der Waals surface area contributed by atoms with Crippen LogP contribution < -0.4 is 0 Å². The Balaban J connectivity index is 1.01. The molecule has 1 aromatic carbocycles. The number of nitrogens with one attached hydrogen (secondary N) is 2. The Morgan fingerprint density at radius 1 is 1.02 bits per heavy atom. The summed E-state index contributed by atoms with van der Waals surface area (Å²) in [6.07, 6.45) is 18.1. The van der Waals surface area contributed by atoms with E-state index in [1.807, 2.05) is 28.6 Å². The predicted molar refractivity (Wildman–Crippen MR) is 201 cm³/mol. The van der Waals surface area contributed by atoms with Gasteiger partial charge in [0.2, 0.25) is 11.8 Å². The molecular formula is C41H50N6O2S. The number of aromatic nitrogens is 4. The molecule has 4 aromatic rings. The van der Waals surface area contributed by atoms with Crippen molar-refractivity contribution in [3.8, 4) is 11.3 Å². The number of likely N-dealkylation sites (tertiary alicyclic amines) is 2. The van der Waals surface area contributed by atoms with Gasteiger partial charge in [-0.3, -0.25) is 9.59 Å². The molecule has 262 valence electrons. The maximum Gasteiger partial charge on any atom is 0.223 e. The summed E-state index contributed by atoms with van der Waals surface area (Å²) in [6.45, 7) is 12.3. The van der Waals surface area contributed by atoms with Gasteiger partial charge in [-0.1, -0.05) is 58.1 Å². The number of fused-ring (bicyclic) bond motifs is 3. The number of benzene rings is 1. The van der Waals surface area contributed by atoms with E-state index in [9.17, 15) is 9.59 Å². The monoisotopic (exact) mass is 690 g/mol. The third-order valence-corrected chi connectivity index (χ3v) is 12.5. The summed E-state index contributed by atoms with van der Waals surface area (Å²) in [4.78, 5) is 48.8. The zero-order chi connectivity index (χ0) is 34.7. The first-order chi connectivity index (χ1) is 24.1. The number of carbonyl (C=O) groups excluding carboxylic acids is 2. The van der Waals surface area contributed by atoms with Crippen LogP contribution in [-0.2, 0) is 15.1 Å². The van der Waals surface area contributed by atoms with E-state index in [-0.39, 0.29) is 29.3 Å². The van der Waals surface area contributed by atoms with Crippen molar-refractivity contribution in [2.24, 2.45) is 17.8 Å². The molecule has 9 heteroatoms. The van der Waals surface area contributed by atoms with Crippen LogP contribution in [0.4, 0.5) is 0 Å². The number of hydrogen-bond acceptors (Lipinski definition) is 5. The summed E-state index contributed by atoms with van der Waals surface area (Å²) in [5.74, 6) is 3.87. The first kappa shape index (κ1) is 33.2. The lowest BCUT2D eigenvalue weighted by atomic mass is 9.89. The Morgan fingerprint density at radius 2 is 1.82 bits per heavy atom. The summed E-state index contributed by atoms with van der Waals surface area (Å²) in [5, 5.41) is 1.26. The Kier molecular flexibility index (Phi) is 8.61. The SMILES string of the molecule is Cc1cc2c(C3=CCC(c4cnc(C56CCC(CN5C(=O)CC(C)C)C6)[nH]4)C=C3)ccc(-c3cnc([C@@H]4CCCN4C(=O)CC(C)C)[nH]3)c2s1. The van der Waals surface area contributed by atoms with Crippen molar-refractivity contribution in [1.29, 1.82) is 0 Å². The van der Waals surface area contributed by atoms with Crippen LogP contribution in [0.1, 0.15) is 119 Å². The van der Waals surface area contributed by atoms with Crippen LogP contribution in [0.2, 0.25) is 0 Å². The first-order valence-electron chi connectivity index (χ1n) is 18.7. The summed E-state index contributed by atoms with van der Waals surface area (Å²) < 4.78 is 1.26. The molecule has 2 aliphatic carbocycles. The van der Waals surface area contributed by atoms with Gasteiger partial charge in [0.15, 0.2) is 0 Å². The maximum atomic E-state index is 13.3. The van der Waals surface area contributed by atoms with Crippen molar-refractivity contribution in [1.82, 2.24) is 29.7 Å². The number of nitrogens with zero attached hydrogens (tertiary/aromatic N) is 4. The van der Waals surface area contributed by atoms with Crippen LogP contribution in [-0.4, -0.2) is 54.6 Å². The van der Waals surface area contributed by atoms with Gasteiger partial charge in [-0.2, -0.15) is 0 Å². The van der Waals surface area contributed by atoms with Crippen molar-refractivity contribution in [2.45, 2.75) is 103 Å². The van der Waals surface area contributed by atoms with Crippen molar-refractivity contribution >= 4 is 38.8 Å².